The summed E-state index contributed by atoms with van der Waals surface area (Å²) in [6.07, 6.45) is 2.91. The Morgan fingerprint density at radius 3 is 2.84 bits per heavy atom. The first-order valence-corrected chi connectivity index (χ1v) is 8.77. The Labute approximate surface area is 146 Å². The first-order valence-electron chi connectivity index (χ1n) is 8.77. The largest absolute Gasteiger partial charge is 0.486 e. The number of aliphatic hydroxyl groups is 1. The Bertz CT molecular complexity index is 619. The number of likely N-dealkylation sites (tertiary alicyclic amines) is 1. The summed E-state index contributed by atoms with van der Waals surface area (Å²) in [5.41, 5.74) is 0. The lowest BCUT2D eigenvalue weighted by Gasteiger charge is -2.35. The molecule has 2 N–H and O–H groups in total. The number of amides is 2. The van der Waals surface area contributed by atoms with Gasteiger partial charge in [-0.25, -0.2) is 0 Å². The van der Waals surface area contributed by atoms with E-state index >= 15 is 0 Å². The third kappa shape index (κ3) is 4.22. The van der Waals surface area contributed by atoms with Crippen molar-refractivity contribution in [3.8, 4) is 11.5 Å². The van der Waals surface area contributed by atoms with Crippen LogP contribution in [0, 0.1) is 0 Å². The van der Waals surface area contributed by atoms with Crippen molar-refractivity contribution in [2.45, 2.75) is 37.8 Å². The van der Waals surface area contributed by atoms with Crippen molar-refractivity contribution < 1.29 is 24.2 Å². The highest BCUT2D eigenvalue weighted by molar-refractivity contribution is 6.35. The zero-order valence-electron chi connectivity index (χ0n) is 14.1. The van der Waals surface area contributed by atoms with Crippen molar-refractivity contribution in [2.24, 2.45) is 0 Å². The zero-order chi connectivity index (χ0) is 17.6. The molecule has 3 rings (SSSR count). The van der Waals surface area contributed by atoms with Gasteiger partial charge in [-0.15, -0.1) is 0 Å². The summed E-state index contributed by atoms with van der Waals surface area (Å²) < 4.78 is 11.4. The number of fused-ring (bicyclic) bond motifs is 1. The number of hydrogen-bond donors (Lipinski definition) is 2. The topological polar surface area (TPSA) is 88.1 Å². The Morgan fingerprint density at radius 1 is 1.24 bits per heavy atom. The van der Waals surface area contributed by atoms with E-state index in [4.69, 9.17) is 14.6 Å². The highest BCUT2D eigenvalue weighted by Gasteiger charge is 2.31. The van der Waals surface area contributed by atoms with E-state index in [1.54, 1.807) is 4.90 Å². The second kappa shape index (κ2) is 8.20. The third-order valence-corrected chi connectivity index (χ3v) is 4.60. The van der Waals surface area contributed by atoms with Crippen molar-refractivity contribution in [1.82, 2.24) is 10.2 Å². The number of nitrogens with zero attached hydrogens (tertiary/aromatic N) is 1. The number of ether oxygens (including phenoxy) is 2. The number of nitrogens with one attached hydrogen (secondary N) is 1. The molecule has 0 spiro atoms. The number of carbonyl (C=O) groups is 2. The summed E-state index contributed by atoms with van der Waals surface area (Å²) in [6.45, 7) is 1.11. The minimum Gasteiger partial charge on any atom is -0.486 e. The number of piperidine rings is 1. The van der Waals surface area contributed by atoms with E-state index in [0.717, 1.165) is 19.3 Å². The molecule has 7 nitrogen and oxygen atoms in total. The number of rotatable bonds is 4. The van der Waals surface area contributed by atoms with Crippen molar-refractivity contribution in [3.05, 3.63) is 24.3 Å². The standard InChI is InChI=1S/C18H24N2O5/c21-10-8-13-5-3-4-9-20(13)18(23)17(22)19-11-14-12-24-15-6-1-2-7-16(15)25-14/h1-2,6-7,13-14,21H,3-5,8-12H2,(H,19,22). The number of carbonyl (C=O) groups excluding carboxylic acids is 2. The van der Waals surface area contributed by atoms with Crippen LogP contribution in [0.25, 0.3) is 0 Å². The highest BCUT2D eigenvalue weighted by Crippen LogP contribution is 2.30. The Morgan fingerprint density at radius 2 is 2.04 bits per heavy atom. The predicted octanol–water partition coefficient (Wildman–Crippen LogP) is 0.706. The maximum atomic E-state index is 12.4. The Kier molecular flexibility index (Phi) is 5.75. The van der Waals surface area contributed by atoms with Gasteiger partial charge in [0.05, 0.1) is 6.54 Å². The highest BCUT2D eigenvalue weighted by atomic mass is 16.6. The van der Waals surface area contributed by atoms with Crippen molar-refractivity contribution in [2.75, 3.05) is 26.3 Å². The molecule has 136 valence electrons. The molecule has 0 aliphatic carbocycles. The van der Waals surface area contributed by atoms with Crippen LogP contribution in [0.5, 0.6) is 11.5 Å². The Balaban J connectivity index is 1.51. The fourth-order valence-electron chi connectivity index (χ4n) is 3.29. The molecule has 7 heteroatoms. The van der Waals surface area contributed by atoms with Gasteiger partial charge in [-0.05, 0) is 37.8 Å². The summed E-state index contributed by atoms with van der Waals surface area (Å²) in [5, 5.41) is 11.8. The van der Waals surface area contributed by atoms with Crippen LogP contribution in [0.1, 0.15) is 25.7 Å². The molecule has 0 saturated carbocycles. The summed E-state index contributed by atoms with van der Waals surface area (Å²) in [6, 6.07) is 7.29. The monoisotopic (exact) mass is 348 g/mol. The molecule has 2 unspecified atom stereocenters. The van der Waals surface area contributed by atoms with E-state index in [-0.39, 0.29) is 25.3 Å². The number of hydrogen-bond acceptors (Lipinski definition) is 5. The molecule has 0 bridgehead atoms. The first kappa shape index (κ1) is 17.5. The normalized spacial score (nSPS) is 22.4. The molecular weight excluding hydrogens is 324 g/mol. The first-order chi connectivity index (χ1) is 12.2. The van der Waals surface area contributed by atoms with Crippen LogP contribution in [0.15, 0.2) is 24.3 Å². The summed E-state index contributed by atoms with van der Waals surface area (Å²) in [4.78, 5) is 26.2. The van der Waals surface area contributed by atoms with Crippen LogP contribution in [-0.4, -0.2) is 60.3 Å². The van der Waals surface area contributed by atoms with Gasteiger partial charge >= 0.3 is 11.8 Å². The molecule has 2 atom stereocenters. The Hall–Kier alpha value is -2.28. The van der Waals surface area contributed by atoms with Crippen LogP contribution in [0.4, 0.5) is 0 Å². The number of benzene rings is 1. The lowest BCUT2D eigenvalue weighted by molar-refractivity contribution is -0.148. The molecule has 0 aromatic heterocycles. The van der Waals surface area contributed by atoms with E-state index in [1.807, 2.05) is 24.3 Å². The third-order valence-electron chi connectivity index (χ3n) is 4.60. The maximum Gasteiger partial charge on any atom is 0.312 e. The smallest absolute Gasteiger partial charge is 0.312 e. The summed E-state index contributed by atoms with van der Waals surface area (Å²) in [7, 11) is 0. The van der Waals surface area contributed by atoms with E-state index in [0.29, 0.717) is 31.1 Å². The van der Waals surface area contributed by atoms with Crippen molar-refractivity contribution >= 4 is 11.8 Å². The number of para-hydroxylation sites is 2. The maximum absolute atomic E-state index is 12.4. The van der Waals surface area contributed by atoms with E-state index in [1.165, 1.54) is 0 Å². The van der Waals surface area contributed by atoms with Gasteiger partial charge in [-0.1, -0.05) is 12.1 Å². The van der Waals surface area contributed by atoms with Crippen LogP contribution in [-0.2, 0) is 9.59 Å². The molecule has 1 aromatic rings. The van der Waals surface area contributed by atoms with Gasteiger partial charge in [0.25, 0.3) is 0 Å². The van der Waals surface area contributed by atoms with Crippen LogP contribution in [0.2, 0.25) is 0 Å². The lowest BCUT2D eigenvalue weighted by Crippen LogP contribution is -2.52. The molecule has 1 aromatic carbocycles. The molecular formula is C18H24N2O5. The molecule has 2 amide bonds. The van der Waals surface area contributed by atoms with E-state index in [9.17, 15) is 9.59 Å². The lowest BCUT2D eigenvalue weighted by atomic mass is 9.99. The molecule has 1 saturated heterocycles. The second-order valence-electron chi connectivity index (χ2n) is 6.37. The number of aliphatic hydroxyl groups excluding tert-OH is 1. The summed E-state index contributed by atoms with van der Waals surface area (Å²) >= 11 is 0. The average Bonchev–Trinajstić information content (AvgIpc) is 2.66. The van der Waals surface area contributed by atoms with Gasteiger partial charge in [0.2, 0.25) is 0 Å². The average molecular weight is 348 g/mol. The van der Waals surface area contributed by atoms with Gasteiger partial charge in [-0.2, -0.15) is 0 Å². The van der Waals surface area contributed by atoms with Crippen molar-refractivity contribution in [3.63, 3.8) is 0 Å². The van der Waals surface area contributed by atoms with Gasteiger partial charge in [0.1, 0.15) is 12.7 Å². The second-order valence-corrected chi connectivity index (χ2v) is 6.37. The van der Waals surface area contributed by atoms with Crippen molar-refractivity contribution in [1.29, 1.82) is 0 Å². The predicted molar refractivity (Wildman–Crippen MR) is 90.4 cm³/mol. The van der Waals surface area contributed by atoms with Gasteiger partial charge in [0, 0.05) is 19.2 Å². The van der Waals surface area contributed by atoms with Gasteiger partial charge < -0.3 is 24.8 Å². The zero-order valence-corrected chi connectivity index (χ0v) is 14.1. The molecule has 25 heavy (non-hydrogen) atoms. The van der Waals surface area contributed by atoms with Crippen LogP contribution >= 0.6 is 0 Å². The fraction of sp³-hybridized carbons (Fsp3) is 0.556. The minimum atomic E-state index is -0.632. The van der Waals surface area contributed by atoms with Crippen LogP contribution < -0.4 is 14.8 Å². The van der Waals surface area contributed by atoms with Crippen LogP contribution in [0.3, 0.4) is 0 Å². The molecule has 0 radical (unpaired) electrons. The quantitative estimate of drug-likeness (QED) is 0.783. The van der Waals surface area contributed by atoms with Gasteiger partial charge in [0.15, 0.2) is 11.5 Å². The van der Waals surface area contributed by atoms with E-state index in [2.05, 4.69) is 5.32 Å². The molecule has 2 heterocycles. The SMILES string of the molecule is O=C(NCC1COc2ccccc2O1)C(=O)N1CCCCC1CCO. The minimum absolute atomic E-state index is 0.0166. The fourth-order valence-corrected chi connectivity index (χ4v) is 3.29. The summed E-state index contributed by atoms with van der Waals surface area (Å²) in [5.74, 6) is 0.155. The van der Waals surface area contributed by atoms with Gasteiger partial charge in [-0.3, -0.25) is 9.59 Å². The van der Waals surface area contributed by atoms with E-state index < -0.39 is 11.8 Å². The molecule has 1 fully saturated rings. The molecule has 2 aliphatic rings. The molecule has 2 aliphatic heterocycles.